The van der Waals surface area contributed by atoms with E-state index in [0.29, 0.717) is 6.54 Å². The number of rotatable bonds is 6. The molecule has 1 amide bonds. The van der Waals surface area contributed by atoms with Gasteiger partial charge >= 0.3 is 0 Å². The monoisotopic (exact) mass is 273 g/mol. The van der Waals surface area contributed by atoms with E-state index in [1.54, 1.807) is 12.5 Å². The third-order valence-electron chi connectivity index (χ3n) is 2.84. The lowest BCUT2D eigenvalue weighted by Crippen LogP contribution is -2.30. The molecule has 0 saturated carbocycles. The van der Waals surface area contributed by atoms with E-state index in [4.69, 9.17) is 4.74 Å². The van der Waals surface area contributed by atoms with E-state index in [1.165, 1.54) is 0 Å². The van der Waals surface area contributed by atoms with Crippen molar-refractivity contribution in [1.82, 2.24) is 15.3 Å². The van der Waals surface area contributed by atoms with E-state index in [0.717, 1.165) is 29.0 Å². The van der Waals surface area contributed by atoms with Crippen molar-refractivity contribution in [3.8, 4) is 5.75 Å². The van der Waals surface area contributed by atoms with Gasteiger partial charge in [-0.15, -0.1) is 0 Å². The highest BCUT2D eigenvalue weighted by atomic mass is 16.5. The lowest BCUT2D eigenvalue weighted by atomic mass is 10.1. The fourth-order valence-corrected chi connectivity index (χ4v) is 1.97. The second-order valence-corrected chi connectivity index (χ2v) is 4.79. The summed E-state index contributed by atoms with van der Waals surface area (Å²) >= 11 is 0. The topological polar surface area (TPSA) is 67.0 Å². The van der Waals surface area contributed by atoms with Crippen molar-refractivity contribution in [2.24, 2.45) is 0 Å². The molecular weight excluding hydrogens is 254 g/mol. The normalized spacial score (nSPS) is 10.3. The van der Waals surface area contributed by atoms with Gasteiger partial charge in [0.25, 0.3) is 5.91 Å². The standard InChI is InChI=1S/C15H19N3O2/c1-11-5-12(2)7-14(6-11)20-9-15(19)17-4-3-13-8-16-10-18-13/h5-8,10H,3-4,9H2,1-2H3,(H,16,18)(H,17,19). The first-order valence-corrected chi connectivity index (χ1v) is 6.58. The van der Waals surface area contributed by atoms with Crippen molar-refractivity contribution in [2.75, 3.05) is 13.2 Å². The number of amides is 1. The van der Waals surface area contributed by atoms with Crippen LogP contribution in [0.1, 0.15) is 16.8 Å². The molecule has 20 heavy (non-hydrogen) atoms. The minimum absolute atomic E-state index is 0.0336. The van der Waals surface area contributed by atoms with Gasteiger partial charge in [0, 0.05) is 24.9 Å². The highest BCUT2D eigenvalue weighted by Gasteiger charge is 2.03. The molecule has 1 heterocycles. The Morgan fingerprint density at radius 2 is 2.05 bits per heavy atom. The van der Waals surface area contributed by atoms with Crippen molar-refractivity contribution in [2.45, 2.75) is 20.3 Å². The molecule has 0 saturated heterocycles. The predicted octanol–water partition coefficient (Wildman–Crippen LogP) is 1.76. The lowest BCUT2D eigenvalue weighted by Gasteiger charge is -2.08. The Balaban J connectivity index is 1.72. The first kappa shape index (κ1) is 14.1. The number of ether oxygens (including phenoxy) is 1. The lowest BCUT2D eigenvalue weighted by molar-refractivity contribution is -0.123. The number of carbonyl (C=O) groups is 1. The summed E-state index contributed by atoms with van der Waals surface area (Å²) < 4.78 is 5.49. The number of aromatic nitrogens is 2. The molecule has 2 aromatic rings. The Bertz CT molecular complexity index is 544. The molecule has 0 unspecified atom stereocenters. The smallest absolute Gasteiger partial charge is 0.257 e. The van der Waals surface area contributed by atoms with Gasteiger partial charge in [-0.2, -0.15) is 0 Å². The van der Waals surface area contributed by atoms with Crippen molar-refractivity contribution >= 4 is 5.91 Å². The van der Waals surface area contributed by atoms with Crippen LogP contribution in [0.2, 0.25) is 0 Å². The third-order valence-corrected chi connectivity index (χ3v) is 2.84. The van der Waals surface area contributed by atoms with Crippen LogP contribution in [-0.4, -0.2) is 29.0 Å². The largest absolute Gasteiger partial charge is 0.484 e. The molecule has 0 fully saturated rings. The summed E-state index contributed by atoms with van der Waals surface area (Å²) in [4.78, 5) is 18.6. The summed E-state index contributed by atoms with van der Waals surface area (Å²) in [6.07, 6.45) is 4.10. The van der Waals surface area contributed by atoms with Crippen LogP contribution < -0.4 is 10.1 Å². The van der Waals surface area contributed by atoms with E-state index in [1.807, 2.05) is 26.0 Å². The number of nitrogens with one attached hydrogen (secondary N) is 2. The van der Waals surface area contributed by atoms with Gasteiger partial charge in [-0.25, -0.2) is 4.98 Å². The Labute approximate surface area is 118 Å². The molecule has 0 atom stereocenters. The zero-order valence-electron chi connectivity index (χ0n) is 11.8. The highest BCUT2D eigenvalue weighted by molar-refractivity contribution is 5.77. The van der Waals surface area contributed by atoms with Crippen molar-refractivity contribution in [1.29, 1.82) is 0 Å². The Morgan fingerprint density at radius 3 is 2.70 bits per heavy atom. The number of H-pyrrole nitrogens is 1. The van der Waals surface area contributed by atoms with Crippen molar-refractivity contribution in [3.05, 3.63) is 47.5 Å². The molecule has 0 aliphatic carbocycles. The molecule has 0 aliphatic rings. The van der Waals surface area contributed by atoms with Crippen LogP contribution in [0.4, 0.5) is 0 Å². The number of nitrogens with zero attached hydrogens (tertiary/aromatic N) is 1. The summed E-state index contributed by atoms with van der Waals surface area (Å²) in [5.41, 5.74) is 3.25. The molecule has 1 aromatic carbocycles. The summed E-state index contributed by atoms with van der Waals surface area (Å²) in [5.74, 6) is 0.606. The van der Waals surface area contributed by atoms with Crippen LogP contribution >= 0.6 is 0 Å². The van der Waals surface area contributed by atoms with Gasteiger partial charge < -0.3 is 15.0 Å². The molecule has 0 aliphatic heterocycles. The number of hydrogen-bond acceptors (Lipinski definition) is 3. The number of aryl methyl sites for hydroxylation is 2. The van der Waals surface area contributed by atoms with Crippen LogP contribution in [0.25, 0.3) is 0 Å². The number of imidazole rings is 1. The molecule has 0 spiro atoms. The maximum Gasteiger partial charge on any atom is 0.257 e. The molecule has 5 heteroatoms. The van der Waals surface area contributed by atoms with E-state index < -0.39 is 0 Å². The van der Waals surface area contributed by atoms with Gasteiger partial charge in [-0.1, -0.05) is 6.07 Å². The molecule has 0 bridgehead atoms. The summed E-state index contributed by atoms with van der Waals surface area (Å²) in [6, 6.07) is 5.91. The number of benzene rings is 1. The minimum atomic E-state index is -0.122. The van der Waals surface area contributed by atoms with Crippen molar-refractivity contribution in [3.63, 3.8) is 0 Å². The predicted molar refractivity (Wildman–Crippen MR) is 76.7 cm³/mol. The van der Waals surface area contributed by atoms with Crippen LogP contribution in [0.15, 0.2) is 30.7 Å². The molecular formula is C15H19N3O2. The third kappa shape index (κ3) is 4.42. The minimum Gasteiger partial charge on any atom is -0.484 e. The maximum absolute atomic E-state index is 11.7. The Hall–Kier alpha value is -2.30. The zero-order valence-corrected chi connectivity index (χ0v) is 11.8. The van der Waals surface area contributed by atoms with Crippen molar-refractivity contribution < 1.29 is 9.53 Å². The fourth-order valence-electron chi connectivity index (χ4n) is 1.97. The van der Waals surface area contributed by atoms with Gasteiger partial charge in [0.2, 0.25) is 0 Å². The van der Waals surface area contributed by atoms with E-state index in [-0.39, 0.29) is 12.5 Å². The molecule has 2 N–H and O–H groups in total. The van der Waals surface area contributed by atoms with Gasteiger partial charge in [0.05, 0.1) is 6.33 Å². The maximum atomic E-state index is 11.7. The Kier molecular flexibility index (Phi) is 4.76. The summed E-state index contributed by atoms with van der Waals surface area (Å²) in [7, 11) is 0. The van der Waals surface area contributed by atoms with E-state index >= 15 is 0 Å². The molecule has 5 nitrogen and oxygen atoms in total. The molecule has 106 valence electrons. The van der Waals surface area contributed by atoms with E-state index in [2.05, 4.69) is 21.4 Å². The van der Waals surface area contributed by atoms with Crippen LogP contribution in [0.5, 0.6) is 5.75 Å². The fraction of sp³-hybridized carbons (Fsp3) is 0.333. The number of hydrogen-bond donors (Lipinski definition) is 2. The average Bonchev–Trinajstić information content (AvgIpc) is 2.88. The summed E-state index contributed by atoms with van der Waals surface area (Å²) in [6.45, 7) is 4.61. The van der Waals surface area contributed by atoms with Gasteiger partial charge in [0.1, 0.15) is 5.75 Å². The number of aromatic amines is 1. The van der Waals surface area contributed by atoms with Gasteiger partial charge in [-0.05, 0) is 37.1 Å². The molecule has 1 aromatic heterocycles. The van der Waals surface area contributed by atoms with Crippen LogP contribution in [-0.2, 0) is 11.2 Å². The molecule has 0 radical (unpaired) electrons. The molecule has 2 rings (SSSR count). The first-order chi connectivity index (χ1) is 9.63. The first-order valence-electron chi connectivity index (χ1n) is 6.58. The van der Waals surface area contributed by atoms with Crippen LogP contribution in [0.3, 0.4) is 0 Å². The Morgan fingerprint density at radius 1 is 1.30 bits per heavy atom. The second kappa shape index (κ2) is 6.75. The number of carbonyl (C=O) groups excluding carboxylic acids is 1. The highest BCUT2D eigenvalue weighted by Crippen LogP contribution is 2.15. The summed E-state index contributed by atoms with van der Waals surface area (Å²) in [5, 5.41) is 2.81. The van der Waals surface area contributed by atoms with Gasteiger partial charge in [-0.3, -0.25) is 4.79 Å². The van der Waals surface area contributed by atoms with E-state index in [9.17, 15) is 4.79 Å². The van der Waals surface area contributed by atoms with Crippen LogP contribution in [0, 0.1) is 13.8 Å². The zero-order chi connectivity index (χ0) is 14.4. The quantitative estimate of drug-likeness (QED) is 0.843. The average molecular weight is 273 g/mol. The van der Waals surface area contributed by atoms with Gasteiger partial charge in [0.15, 0.2) is 6.61 Å². The second-order valence-electron chi connectivity index (χ2n) is 4.79. The SMILES string of the molecule is Cc1cc(C)cc(OCC(=O)NCCc2cnc[nH]2)c1.